The largest absolute Gasteiger partial charge is 0.497 e. The van der Waals surface area contributed by atoms with Gasteiger partial charge in [-0.3, -0.25) is 9.59 Å². The summed E-state index contributed by atoms with van der Waals surface area (Å²) in [6, 6.07) is 7.35. The van der Waals surface area contributed by atoms with Crippen molar-refractivity contribution in [2.24, 2.45) is 11.8 Å². The van der Waals surface area contributed by atoms with Gasteiger partial charge in [-0.05, 0) is 48.8 Å². The summed E-state index contributed by atoms with van der Waals surface area (Å²) in [6.07, 6.45) is 7.68. The van der Waals surface area contributed by atoms with Gasteiger partial charge in [0.2, 0.25) is 11.8 Å². The summed E-state index contributed by atoms with van der Waals surface area (Å²) in [5.41, 5.74) is 0.949. The first-order chi connectivity index (χ1) is 13.6. The molecule has 0 spiro atoms. The molecule has 1 aromatic carbocycles. The fourth-order valence-electron chi connectivity index (χ4n) is 4.66. The van der Waals surface area contributed by atoms with E-state index in [0.717, 1.165) is 37.2 Å². The van der Waals surface area contributed by atoms with Gasteiger partial charge in [0.15, 0.2) is 0 Å². The molecule has 0 saturated carbocycles. The van der Waals surface area contributed by atoms with Crippen LogP contribution in [-0.4, -0.2) is 55.5 Å². The summed E-state index contributed by atoms with van der Waals surface area (Å²) < 4.78 is 5.14. The number of allylic oxidation sites excluding steroid dienone is 2. The first kappa shape index (κ1) is 19.0. The predicted molar refractivity (Wildman–Crippen MR) is 107 cm³/mol. The first-order valence-corrected chi connectivity index (χ1v) is 10.2. The third-order valence-corrected chi connectivity index (χ3v) is 6.25. The number of ether oxygens (including phenoxy) is 1. The summed E-state index contributed by atoms with van der Waals surface area (Å²) >= 11 is 0. The zero-order chi connectivity index (χ0) is 19.5. The van der Waals surface area contributed by atoms with Crippen LogP contribution < -0.4 is 15.4 Å². The Balaban J connectivity index is 1.24. The molecular formula is C22H29N3O3. The Hall–Kier alpha value is -2.34. The van der Waals surface area contributed by atoms with Crippen LogP contribution in [0.2, 0.25) is 0 Å². The van der Waals surface area contributed by atoms with E-state index < -0.39 is 0 Å². The molecule has 0 unspecified atom stereocenters. The molecule has 2 saturated heterocycles. The molecule has 0 radical (unpaired) electrons. The molecule has 2 N–H and O–H groups in total. The maximum absolute atomic E-state index is 12.9. The van der Waals surface area contributed by atoms with Crippen LogP contribution in [0.3, 0.4) is 0 Å². The zero-order valence-electron chi connectivity index (χ0n) is 16.4. The molecule has 0 aromatic heterocycles. The second-order valence-electron chi connectivity index (χ2n) is 8.19. The van der Waals surface area contributed by atoms with Gasteiger partial charge in [-0.2, -0.15) is 0 Å². The average molecular weight is 383 g/mol. The first-order valence-electron chi connectivity index (χ1n) is 10.2. The lowest BCUT2D eigenvalue weighted by atomic mass is 9.86. The highest BCUT2D eigenvalue weighted by Crippen LogP contribution is 2.33. The Kier molecular flexibility index (Phi) is 5.67. The topological polar surface area (TPSA) is 70.7 Å². The molecule has 2 aliphatic heterocycles. The summed E-state index contributed by atoms with van der Waals surface area (Å²) in [6.45, 7) is 2.40. The van der Waals surface area contributed by atoms with Crippen molar-refractivity contribution >= 4 is 11.8 Å². The molecule has 28 heavy (non-hydrogen) atoms. The van der Waals surface area contributed by atoms with Crippen LogP contribution in [0.4, 0.5) is 0 Å². The van der Waals surface area contributed by atoms with Crippen LogP contribution in [-0.2, 0) is 16.0 Å². The third kappa shape index (κ3) is 4.22. The smallest absolute Gasteiger partial charge is 0.239 e. The van der Waals surface area contributed by atoms with E-state index in [1.807, 2.05) is 29.2 Å². The van der Waals surface area contributed by atoms with E-state index in [0.29, 0.717) is 31.2 Å². The Morgan fingerprint density at radius 1 is 1.14 bits per heavy atom. The van der Waals surface area contributed by atoms with Gasteiger partial charge >= 0.3 is 0 Å². The van der Waals surface area contributed by atoms with Crippen LogP contribution in [0.15, 0.2) is 36.4 Å². The van der Waals surface area contributed by atoms with Gasteiger partial charge < -0.3 is 20.3 Å². The maximum Gasteiger partial charge on any atom is 0.239 e. The number of hydrogen-bond acceptors (Lipinski definition) is 4. The van der Waals surface area contributed by atoms with Gasteiger partial charge in [0.05, 0.1) is 19.6 Å². The predicted octanol–water partition coefficient (Wildman–Crippen LogP) is 1.51. The Morgan fingerprint density at radius 3 is 2.46 bits per heavy atom. The fourth-order valence-corrected chi connectivity index (χ4v) is 4.66. The van der Waals surface area contributed by atoms with Gasteiger partial charge in [-0.1, -0.05) is 24.3 Å². The number of likely N-dealkylation sites (tertiary alicyclic amines) is 1. The number of carbonyl (C=O) groups excluding carboxylic acids is 2. The van der Waals surface area contributed by atoms with Gasteiger partial charge in [-0.15, -0.1) is 0 Å². The normalized spacial score (nSPS) is 28.8. The fraction of sp³-hybridized carbons (Fsp3) is 0.545. The molecule has 3 aliphatic rings. The van der Waals surface area contributed by atoms with Gasteiger partial charge in [-0.25, -0.2) is 0 Å². The molecular weight excluding hydrogens is 354 g/mol. The zero-order valence-corrected chi connectivity index (χ0v) is 16.4. The van der Waals surface area contributed by atoms with E-state index in [1.54, 1.807) is 7.11 Å². The molecule has 6 heteroatoms. The lowest BCUT2D eigenvalue weighted by Gasteiger charge is -2.20. The van der Waals surface area contributed by atoms with Crippen LogP contribution in [0, 0.1) is 11.8 Å². The summed E-state index contributed by atoms with van der Waals surface area (Å²) in [7, 11) is 1.62. The highest BCUT2D eigenvalue weighted by molar-refractivity contribution is 5.83. The van der Waals surface area contributed by atoms with E-state index in [4.69, 9.17) is 4.74 Å². The summed E-state index contributed by atoms with van der Waals surface area (Å²) in [4.78, 5) is 27.3. The van der Waals surface area contributed by atoms with E-state index in [9.17, 15) is 9.59 Å². The molecule has 2 amide bonds. The van der Waals surface area contributed by atoms with E-state index >= 15 is 0 Å². The van der Waals surface area contributed by atoms with Crippen molar-refractivity contribution in [3.8, 4) is 5.75 Å². The quantitative estimate of drug-likeness (QED) is 0.756. The van der Waals surface area contributed by atoms with Crippen molar-refractivity contribution in [1.82, 2.24) is 15.5 Å². The number of carbonyl (C=O) groups is 2. The van der Waals surface area contributed by atoms with Crippen molar-refractivity contribution in [3.63, 3.8) is 0 Å². The standard InChI is InChI=1S/C22H29N3O3/c1-28-19-8-6-15(7-9-19)10-21(26)24-18-11-20(23-12-18)22(27)25-13-16-4-2-3-5-17(16)14-25/h2-3,6-9,16-18,20,23H,4-5,10-14H2,1H3,(H,24,26)/t16-,17+,18-,20+/m1/s1. The molecule has 2 fully saturated rings. The number of nitrogens with zero attached hydrogens (tertiary/aromatic N) is 1. The van der Waals surface area contributed by atoms with E-state index in [1.165, 1.54) is 0 Å². The van der Waals surface area contributed by atoms with Gasteiger partial charge in [0.25, 0.3) is 0 Å². The van der Waals surface area contributed by atoms with Crippen molar-refractivity contribution in [2.45, 2.75) is 37.8 Å². The molecule has 4 atom stereocenters. The lowest BCUT2D eigenvalue weighted by molar-refractivity contribution is -0.132. The number of amides is 2. The van der Waals surface area contributed by atoms with Gasteiger partial charge in [0, 0.05) is 25.7 Å². The van der Waals surface area contributed by atoms with E-state index in [-0.39, 0.29) is 23.9 Å². The Bertz CT molecular complexity index is 730. The second-order valence-corrected chi connectivity index (χ2v) is 8.19. The Labute approximate surface area is 166 Å². The van der Waals surface area contributed by atoms with Crippen molar-refractivity contribution in [3.05, 3.63) is 42.0 Å². The lowest BCUT2D eigenvalue weighted by Crippen LogP contribution is -2.42. The number of nitrogens with one attached hydrogen (secondary N) is 2. The monoisotopic (exact) mass is 383 g/mol. The molecule has 150 valence electrons. The molecule has 1 aromatic rings. The minimum Gasteiger partial charge on any atom is -0.497 e. The molecule has 4 rings (SSSR count). The number of fused-ring (bicyclic) bond motifs is 1. The number of hydrogen-bond donors (Lipinski definition) is 2. The maximum atomic E-state index is 12.9. The molecule has 6 nitrogen and oxygen atoms in total. The summed E-state index contributed by atoms with van der Waals surface area (Å²) in [5, 5.41) is 6.38. The van der Waals surface area contributed by atoms with Crippen molar-refractivity contribution < 1.29 is 14.3 Å². The van der Waals surface area contributed by atoms with Crippen molar-refractivity contribution in [1.29, 1.82) is 0 Å². The minimum atomic E-state index is -0.181. The second kappa shape index (κ2) is 8.35. The number of rotatable bonds is 5. The van der Waals surface area contributed by atoms with Crippen LogP contribution in [0.5, 0.6) is 5.75 Å². The highest BCUT2D eigenvalue weighted by Gasteiger charge is 2.39. The number of methoxy groups -OCH3 is 1. The molecule has 2 heterocycles. The third-order valence-electron chi connectivity index (χ3n) is 6.25. The van der Waals surface area contributed by atoms with Crippen LogP contribution in [0.25, 0.3) is 0 Å². The minimum absolute atomic E-state index is 0.00578. The summed E-state index contributed by atoms with van der Waals surface area (Å²) in [5.74, 6) is 2.21. The van der Waals surface area contributed by atoms with Crippen molar-refractivity contribution in [2.75, 3.05) is 26.7 Å². The Morgan fingerprint density at radius 2 is 1.82 bits per heavy atom. The molecule has 0 bridgehead atoms. The highest BCUT2D eigenvalue weighted by atomic mass is 16.5. The average Bonchev–Trinajstić information content (AvgIpc) is 3.35. The van der Waals surface area contributed by atoms with E-state index in [2.05, 4.69) is 22.8 Å². The SMILES string of the molecule is COc1ccc(CC(=O)N[C@H]2CN[C@H](C(=O)N3C[C@H]4CC=CC[C@H]4C3)C2)cc1. The van der Waals surface area contributed by atoms with Crippen LogP contribution in [0.1, 0.15) is 24.8 Å². The number of benzene rings is 1. The van der Waals surface area contributed by atoms with Gasteiger partial charge in [0.1, 0.15) is 5.75 Å². The van der Waals surface area contributed by atoms with Crippen LogP contribution >= 0.6 is 0 Å². The molecule has 1 aliphatic carbocycles.